The third kappa shape index (κ3) is 7.45. The Morgan fingerprint density at radius 2 is 2.06 bits per heavy atom. The summed E-state index contributed by atoms with van der Waals surface area (Å²) in [5.41, 5.74) is 1.10. The summed E-state index contributed by atoms with van der Waals surface area (Å²) >= 11 is 0. The Morgan fingerprint density at radius 3 is 2.86 bits per heavy atom. The minimum atomic E-state index is -1.10. The van der Waals surface area contributed by atoms with Crippen molar-refractivity contribution >= 4 is 0 Å². The maximum Gasteiger partial charge on any atom is 0.161 e. The highest BCUT2D eigenvalue weighted by molar-refractivity contribution is 5.43. The molecule has 8 nitrogen and oxygen atoms in total. The van der Waals surface area contributed by atoms with Crippen molar-refractivity contribution in [1.29, 1.82) is 0 Å². The molecule has 0 bridgehead atoms. The Labute approximate surface area is 207 Å². The van der Waals surface area contributed by atoms with Crippen LogP contribution in [0.4, 0.5) is 0 Å². The molecule has 2 heterocycles. The molecule has 3 aromatic rings. The Hall–Kier alpha value is -3.07. The zero-order valence-corrected chi connectivity index (χ0v) is 20.6. The first-order valence-corrected chi connectivity index (χ1v) is 12.0. The van der Waals surface area contributed by atoms with Gasteiger partial charge in [0.25, 0.3) is 0 Å². The van der Waals surface area contributed by atoms with Crippen LogP contribution >= 0.6 is 0 Å². The number of β-amino-alcohol motifs (C(OH)–C–C–N with tert-alkyl or cyclic N) is 1. The number of hydrogen-bond donors (Lipinski definition) is 1. The van der Waals surface area contributed by atoms with Gasteiger partial charge in [0.15, 0.2) is 11.5 Å². The molecule has 0 saturated carbocycles. The van der Waals surface area contributed by atoms with Gasteiger partial charge in [-0.25, -0.2) is 4.98 Å². The predicted octanol–water partition coefficient (Wildman–Crippen LogP) is 3.31. The molecule has 1 atom stereocenters. The molecule has 1 aliphatic heterocycles. The summed E-state index contributed by atoms with van der Waals surface area (Å²) in [5.74, 6) is 2.18. The minimum absolute atomic E-state index is 0.168. The number of aryl methyl sites for hydroxylation is 2. The van der Waals surface area contributed by atoms with E-state index in [0.29, 0.717) is 32.1 Å². The highest BCUT2D eigenvalue weighted by atomic mass is 16.5. The van der Waals surface area contributed by atoms with E-state index in [0.717, 1.165) is 42.1 Å². The van der Waals surface area contributed by atoms with Gasteiger partial charge < -0.3 is 28.6 Å². The lowest BCUT2D eigenvalue weighted by Crippen LogP contribution is -2.48. The van der Waals surface area contributed by atoms with Crippen LogP contribution in [0.15, 0.2) is 61.2 Å². The van der Waals surface area contributed by atoms with E-state index in [9.17, 15) is 5.11 Å². The molecule has 1 aromatic heterocycles. The Kier molecular flexibility index (Phi) is 8.63. The molecule has 1 aliphatic rings. The second kappa shape index (κ2) is 12.1. The lowest BCUT2D eigenvalue weighted by atomic mass is 10.1. The number of rotatable bonds is 11. The summed E-state index contributed by atoms with van der Waals surface area (Å²) in [6.07, 6.45) is 6.39. The largest absolute Gasteiger partial charge is 0.493 e. The van der Waals surface area contributed by atoms with E-state index in [2.05, 4.69) is 9.88 Å². The van der Waals surface area contributed by atoms with Gasteiger partial charge in [0.05, 0.1) is 33.3 Å². The molecule has 4 rings (SSSR count). The van der Waals surface area contributed by atoms with Gasteiger partial charge in [-0.1, -0.05) is 18.2 Å². The third-order valence-corrected chi connectivity index (χ3v) is 5.95. The molecule has 0 amide bonds. The SMILES string of the molecule is COc1ccc(CN2CCOCC(O)(COc3cccc(C)c3)C2)cc1OCCCn1ccnc1. The van der Waals surface area contributed by atoms with Gasteiger partial charge in [-0.15, -0.1) is 0 Å². The smallest absolute Gasteiger partial charge is 0.161 e. The van der Waals surface area contributed by atoms with Gasteiger partial charge in [0, 0.05) is 38.6 Å². The topological polar surface area (TPSA) is 78.2 Å². The zero-order valence-electron chi connectivity index (χ0n) is 20.6. The molecule has 2 aromatic carbocycles. The maximum atomic E-state index is 11.2. The molecular formula is C27H35N3O5. The Balaban J connectivity index is 1.35. The molecule has 1 N–H and O–H groups in total. The van der Waals surface area contributed by atoms with Crippen molar-refractivity contribution in [3.05, 3.63) is 72.3 Å². The van der Waals surface area contributed by atoms with Crippen molar-refractivity contribution in [3.8, 4) is 17.2 Å². The van der Waals surface area contributed by atoms with Crippen molar-refractivity contribution in [2.45, 2.75) is 32.0 Å². The number of nitrogens with zero attached hydrogens (tertiary/aromatic N) is 3. The minimum Gasteiger partial charge on any atom is -0.493 e. The van der Waals surface area contributed by atoms with E-state index in [4.69, 9.17) is 18.9 Å². The van der Waals surface area contributed by atoms with Crippen LogP contribution in [-0.4, -0.2) is 71.8 Å². The summed E-state index contributed by atoms with van der Waals surface area (Å²) in [6.45, 7) is 6.23. The van der Waals surface area contributed by atoms with E-state index in [-0.39, 0.29) is 13.2 Å². The molecule has 0 spiro atoms. The zero-order chi connectivity index (χ0) is 24.5. The molecule has 1 fully saturated rings. The van der Waals surface area contributed by atoms with Crippen LogP contribution in [0.1, 0.15) is 17.5 Å². The Bertz CT molecular complexity index is 1060. The number of benzene rings is 2. The number of aliphatic hydroxyl groups is 1. The lowest BCUT2D eigenvalue weighted by Gasteiger charge is -2.30. The molecule has 8 heteroatoms. The van der Waals surface area contributed by atoms with Crippen LogP contribution < -0.4 is 14.2 Å². The van der Waals surface area contributed by atoms with Crippen LogP contribution in [0.5, 0.6) is 17.2 Å². The second-order valence-electron chi connectivity index (χ2n) is 9.08. The van der Waals surface area contributed by atoms with Gasteiger partial charge >= 0.3 is 0 Å². The average Bonchev–Trinajstić information content (AvgIpc) is 3.30. The normalized spacial score (nSPS) is 18.7. The summed E-state index contributed by atoms with van der Waals surface area (Å²) < 4.78 is 25.2. The van der Waals surface area contributed by atoms with Gasteiger partial charge in [0.1, 0.15) is 18.0 Å². The van der Waals surface area contributed by atoms with Crippen LogP contribution in [0, 0.1) is 6.92 Å². The quantitative estimate of drug-likeness (QED) is 0.421. The summed E-state index contributed by atoms with van der Waals surface area (Å²) in [5, 5.41) is 11.2. The van der Waals surface area contributed by atoms with Gasteiger partial charge in [-0.05, 0) is 48.7 Å². The van der Waals surface area contributed by atoms with Crippen LogP contribution in [0.25, 0.3) is 0 Å². The number of methoxy groups -OCH3 is 1. The van der Waals surface area contributed by atoms with E-state index < -0.39 is 5.60 Å². The standard InChI is InChI=1S/C27H35N3O5/c1-22-5-3-6-24(15-22)35-20-27(31)18-30(12-14-33-19-27)17-23-7-8-25(32-2)26(16-23)34-13-4-10-29-11-9-28-21-29/h3,5-9,11,15-16,21,31H,4,10,12-14,17-20H2,1-2H3. The first kappa shape index (κ1) is 25.0. The molecule has 1 unspecified atom stereocenters. The highest BCUT2D eigenvalue weighted by Crippen LogP contribution is 2.29. The summed E-state index contributed by atoms with van der Waals surface area (Å²) in [7, 11) is 1.65. The van der Waals surface area contributed by atoms with Crippen molar-refractivity contribution in [1.82, 2.24) is 14.5 Å². The lowest BCUT2D eigenvalue weighted by molar-refractivity contribution is -0.0646. The number of aromatic nitrogens is 2. The van der Waals surface area contributed by atoms with Gasteiger partial charge in [0.2, 0.25) is 0 Å². The first-order chi connectivity index (χ1) is 17.0. The van der Waals surface area contributed by atoms with Crippen LogP contribution in [0.3, 0.4) is 0 Å². The van der Waals surface area contributed by atoms with Gasteiger partial charge in [-0.2, -0.15) is 0 Å². The van der Waals surface area contributed by atoms with Crippen molar-refractivity contribution in [2.24, 2.45) is 0 Å². The molecule has 188 valence electrons. The van der Waals surface area contributed by atoms with Crippen molar-refractivity contribution in [2.75, 3.05) is 46.6 Å². The highest BCUT2D eigenvalue weighted by Gasteiger charge is 2.33. The van der Waals surface area contributed by atoms with E-state index in [1.54, 1.807) is 19.6 Å². The maximum absolute atomic E-state index is 11.2. The van der Waals surface area contributed by atoms with Gasteiger partial charge in [-0.3, -0.25) is 4.90 Å². The number of ether oxygens (including phenoxy) is 4. The fourth-order valence-electron chi connectivity index (χ4n) is 4.18. The molecular weight excluding hydrogens is 446 g/mol. The van der Waals surface area contributed by atoms with Crippen molar-refractivity contribution in [3.63, 3.8) is 0 Å². The van der Waals surface area contributed by atoms with Crippen LogP contribution in [0.2, 0.25) is 0 Å². The monoisotopic (exact) mass is 481 g/mol. The fourth-order valence-corrected chi connectivity index (χ4v) is 4.18. The Morgan fingerprint density at radius 1 is 1.14 bits per heavy atom. The van der Waals surface area contributed by atoms with E-state index in [1.165, 1.54) is 0 Å². The predicted molar refractivity (Wildman–Crippen MR) is 133 cm³/mol. The van der Waals surface area contributed by atoms with Crippen molar-refractivity contribution < 1.29 is 24.1 Å². The van der Waals surface area contributed by atoms with E-state index >= 15 is 0 Å². The average molecular weight is 482 g/mol. The molecule has 0 aliphatic carbocycles. The van der Waals surface area contributed by atoms with E-state index in [1.807, 2.05) is 60.2 Å². The first-order valence-electron chi connectivity index (χ1n) is 12.0. The fraction of sp³-hybridized carbons (Fsp3) is 0.444. The number of imidazole rings is 1. The third-order valence-electron chi connectivity index (χ3n) is 5.95. The number of hydrogen-bond acceptors (Lipinski definition) is 7. The second-order valence-corrected chi connectivity index (χ2v) is 9.08. The van der Waals surface area contributed by atoms with Crippen LogP contribution in [-0.2, 0) is 17.8 Å². The molecule has 35 heavy (non-hydrogen) atoms. The summed E-state index contributed by atoms with van der Waals surface area (Å²) in [4.78, 5) is 6.26. The molecule has 1 saturated heterocycles. The summed E-state index contributed by atoms with van der Waals surface area (Å²) in [6, 6.07) is 13.8. The molecule has 0 radical (unpaired) electrons.